The lowest BCUT2D eigenvalue weighted by Gasteiger charge is -2.22. The van der Waals surface area contributed by atoms with E-state index >= 15 is 0 Å². The van der Waals surface area contributed by atoms with E-state index in [1.807, 2.05) is 6.07 Å². The van der Waals surface area contributed by atoms with E-state index in [1.165, 1.54) is 31.2 Å². The molecule has 3 rings (SSSR count). The molecule has 1 saturated carbocycles. The molecular formula is C19H21BrN3. The van der Waals surface area contributed by atoms with Gasteiger partial charge >= 0.3 is 0 Å². The standard InChI is InChI=1S/C19H21BrN3/c20-18-17(12-7-13-21)22-23(14-15-8-3-1-4-9-15)19(18)16-10-5-2-6-11-16/h1-2,5-6,10-11,15H,3-4,7-9,12,14H2. The van der Waals surface area contributed by atoms with E-state index in [-0.39, 0.29) is 0 Å². The van der Waals surface area contributed by atoms with Gasteiger partial charge in [0.2, 0.25) is 0 Å². The summed E-state index contributed by atoms with van der Waals surface area (Å²) in [6.07, 6.45) is 8.53. The van der Waals surface area contributed by atoms with E-state index in [2.05, 4.69) is 57.4 Å². The Bertz CT molecular complexity index is 679. The Morgan fingerprint density at radius 1 is 1.22 bits per heavy atom. The molecule has 0 aliphatic heterocycles. The third-order valence-electron chi connectivity index (χ3n) is 4.47. The maximum atomic E-state index is 8.87. The molecule has 0 spiro atoms. The van der Waals surface area contributed by atoms with Crippen molar-refractivity contribution in [2.24, 2.45) is 5.92 Å². The summed E-state index contributed by atoms with van der Waals surface area (Å²) in [5.41, 5.74) is 3.32. The summed E-state index contributed by atoms with van der Waals surface area (Å²) in [4.78, 5) is 0. The fourth-order valence-electron chi connectivity index (χ4n) is 3.25. The second-order valence-electron chi connectivity index (χ2n) is 6.12. The number of hydrogen-bond donors (Lipinski definition) is 0. The van der Waals surface area contributed by atoms with Crippen molar-refractivity contribution in [3.05, 3.63) is 46.9 Å². The molecule has 23 heavy (non-hydrogen) atoms. The van der Waals surface area contributed by atoms with Crippen LogP contribution in [0, 0.1) is 23.7 Å². The Balaban J connectivity index is 1.93. The van der Waals surface area contributed by atoms with Crippen LogP contribution < -0.4 is 0 Å². The van der Waals surface area contributed by atoms with Gasteiger partial charge in [0.05, 0.1) is 21.9 Å². The zero-order valence-electron chi connectivity index (χ0n) is 13.2. The van der Waals surface area contributed by atoms with Gasteiger partial charge in [-0.15, -0.1) is 0 Å². The fraction of sp³-hybridized carbons (Fsp3) is 0.421. The van der Waals surface area contributed by atoms with Crippen LogP contribution >= 0.6 is 15.9 Å². The van der Waals surface area contributed by atoms with Gasteiger partial charge in [0.15, 0.2) is 0 Å². The molecule has 2 aromatic rings. The van der Waals surface area contributed by atoms with Gasteiger partial charge in [-0.2, -0.15) is 10.4 Å². The van der Waals surface area contributed by atoms with Crippen molar-refractivity contribution in [1.29, 1.82) is 5.26 Å². The third kappa shape index (κ3) is 3.84. The van der Waals surface area contributed by atoms with E-state index in [4.69, 9.17) is 10.4 Å². The van der Waals surface area contributed by atoms with Gasteiger partial charge in [-0.25, -0.2) is 0 Å². The maximum Gasteiger partial charge on any atom is 0.0827 e. The normalized spacial score (nSPS) is 15.5. The minimum atomic E-state index is 0.502. The fourth-order valence-corrected chi connectivity index (χ4v) is 3.96. The first-order valence-electron chi connectivity index (χ1n) is 8.29. The lowest BCUT2D eigenvalue weighted by Crippen LogP contribution is -2.16. The Morgan fingerprint density at radius 2 is 1.96 bits per heavy atom. The Hall–Kier alpha value is -1.60. The number of rotatable bonds is 5. The minimum absolute atomic E-state index is 0.502. The van der Waals surface area contributed by atoms with Crippen LogP contribution in [0.3, 0.4) is 0 Å². The monoisotopic (exact) mass is 370 g/mol. The molecule has 1 aliphatic carbocycles. The van der Waals surface area contributed by atoms with Gasteiger partial charge in [0, 0.05) is 24.9 Å². The summed E-state index contributed by atoms with van der Waals surface area (Å²) in [5, 5.41) is 13.7. The first-order valence-corrected chi connectivity index (χ1v) is 9.08. The predicted octanol–water partition coefficient (Wildman–Crippen LogP) is 5.16. The lowest BCUT2D eigenvalue weighted by molar-refractivity contribution is 0.341. The summed E-state index contributed by atoms with van der Waals surface area (Å²) in [5.74, 6) is 0.693. The Labute approximate surface area is 146 Å². The predicted molar refractivity (Wildman–Crippen MR) is 95.6 cm³/mol. The van der Waals surface area contributed by atoms with Crippen molar-refractivity contribution >= 4 is 15.9 Å². The van der Waals surface area contributed by atoms with Crippen molar-refractivity contribution in [2.45, 2.75) is 45.1 Å². The SMILES string of the molecule is N#CCCc1nn(CC2CC[CH]CC2)c(-c2ccccc2)c1Br. The molecule has 1 aromatic carbocycles. The minimum Gasteiger partial charge on any atom is -0.263 e. The topological polar surface area (TPSA) is 41.6 Å². The zero-order valence-corrected chi connectivity index (χ0v) is 14.8. The van der Waals surface area contributed by atoms with Gasteiger partial charge in [0.1, 0.15) is 0 Å². The molecule has 0 unspecified atom stereocenters. The second kappa shape index (κ2) is 7.79. The molecule has 119 valence electrons. The first-order chi connectivity index (χ1) is 11.3. The highest BCUT2D eigenvalue weighted by molar-refractivity contribution is 9.10. The van der Waals surface area contributed by atoms with Crippen LogP contribution in [0.4, 0.5) is 0 Å². The number of aryl methyl sites for hydroxylation is 1. The number of hydrogen-bond acceptors (Lipinski definition) is 2. The quantitative estimate of drug-likeness (QED) is 0.728. The van der Waals surface area contributed by atoms with Crippen molar-refractivity contribution < 1.29 is 0 Å². The molecule has 3 nitrogen and oxygen atoms in total. The van der Waals surface area contributed by atoms with Crippen LogP contribution in [0.15, 0.2) is 34.8 Å². The average Bonchev–Trinajstić information content (AvgIpc) is 2.90. The van der Waals surface area contributed by atoms with Crippen LogP contribution in [0.1, 0.15) is 37.8 Å². The number of aromatic nitrogens is 2. The highest BCUT2D eigenvalue weighted by Crippen LogP contribution is 2.34. The Morgan fingerprint density at radius 3 is 2.65 bits per heavy atom. The molecule has 1 heterocycles. The van der Waals surface area contributed by atoms with Gasteiger partial charge < -0.3 is 0 Å². The van der Waals surface area contributed by atoms with Crippen molar-refractivity contribution in [2.75, 3.05) is 0 Å². The largest absolute Gasteiger partial charge is 0.263 e. The summed E-state index contributed by atoms with van der Waals surface area (Å²) < 4.78 is 3.20. The molecule has 0 bridgehead atoms. The molecule has 1 aliphatic rings. The zero-order chi connectivity index (χ0) is 16.1. The van der Waals surface area contributed by atoms with Crippen LogP contribution in [0.25, 0.3) is 11.3 Å². The number of halogens is 1. The van der Waals surface area contributed by atoms with Gasteiger partial charge in [0.25, 0.3) is 0 Å². The Kier molecular flexibility index (Phi) is 5.51. The molecule has 0 atom stereocenters. The van der Waals surface area contributed by atoms with Crippen molar-refractivity contribution in [3.63, 3.8) is 0 Å². The molecule has 1 aromatic heterocycles. The molecule has 0 amide bonds. The third-order valence-corrected chi connectivity index (χ3v) is 5.30. The number of nitriles is 1. The van der Waals surface area contributed by atoms with Crippen LogP contribution in [-0.4, -0.2) is 9.78 Å². The van der Waals surface area contributed by atoms with Crippen LogP contribution in [0.2, 0.25) is 0 Å². The van der Waals surface area contributed by atoms with Gasteiger partial charge in [-0.1, -0.05) is 30.3 Å². The smallest absolute Gasteiger partial charge is 0.0827 e. The maximum absolute atomic E-state index is 8.87. The molecular weight excluding hydrogens is 350 g/mol. The van der Waals surface area contributed by atoms with E-state index in [0.717, 1.165) is 22.4 Å². The van der Waals surface area contributed by atoms with Gasteiger partial charge in [-0.05, 0) is 54.0 Å². The summed E-state index contributed by atoms with van der Waals surface area (Å²) in [7, 11) is 0. The van der Waals surface area contributed by atoms with E-state index < -0.39 is 0 Å². The number of benzene rings is 1. The highest BCUT2D eigenvalue weighted by atomic mass is 79.9. The molecule has 0 N–H and O–H groups in total. The van der Waals surface area contributed by atoms with E-state index in [9.17, 15) is 0 Å². The summed E-state index contributed by atoms with van der Waals surface area (Å²) in [6.45, 7) is 0.962. The average molecular weight is 371 g/mol. The summed E-state index contributed by atoms with van der Waals surface area (Å²) >= 11 is 3.73. The first kappa shape index (κ1) is 16.3. The van der Waals surface area contributed by atoms with Crippen molar-refractivity contribution in [1.82, 2.24) is 9.78 Å². The number of nitrogens with zero attached hydrogens (tertiary/aromatic N) is 3. The van der Waals surface area contributed by atoms with Crippen molar-refractivity contribution in [3.8, 4) is 17.3 Å². The van der Waals surface area contributed by atoms with E-state index in [1.54, 1.807) is 0 Å². The summed E-state index contributed by atoms with van der Waals surface area (Å²) in [6, 6.07) is 12.6. The lowest BCUT2D eigenvalue weighted by atomic mass is 9.89. The van der Waals surface area contributed by atoms with Crippen LogP contribution in [-0.2, 0) is 13.0 Å². The molecule has 0 saturated heterocycles. The molecule has 1 fully saturated rings. The van der Waals surface area contributed by atoms with E-state index in [0.29, 0.717) is 18.8 Å². The second-order valence-corrected chi connectivity index (χ2v) is 6.92. The molecule has 4 heteroatoms. The van der Waals surface area contributed by atoms with Gasteiger partial charge in [-0.3, -0.25) is 4.68 Å². The van der Waals surface area contributed by atoms with Crippen LogP contribution in [0.5, 0.6) is 0 Å². The highest BCUT2D eigenvalue weighted by Gasteiger charge is 2.21. The molecule has 1 radical (unpaired) electrons.